The molecule has 94 valence electrons. The number of nitrogens with zero attached hydrogens (tertiary/aromatic N) is 4. The predicted molar refractivity (Wildman–Crippen MR) is 68.5 cm³/mol. The molecule has 0 aromatic carbocycles. The van der Waals surface area contributed by atoms with Gasteiger partial charge in [-0.25, -0.2) is 4.98 Å². The van der Waals surface area contributed by atoms with E-state index < -0.39 is 0 Å². The highest BCUT2D eigenvalue weighted by molar-refractivity contribution is 7.09. The van der Waals surface area contributed by atoms with Crippen LogP contribution >= 0.6 is 11.5 Å². The van der Waals surface area contributed by atoms with Crippen molar-refractivity contribution in [2.45, 2.75) is 26.7 Å². The van der Waals surface area contributed by atoms with Crippen LogP contribution in [0.5, 0.6) is 0 Å². The van der Waals surface area contributed by atoms with Crippen molar-refractivity contribution in [2.75, 3.05) is 31.1 Å². The van der Waals surface area contributed by atoms with Gasteiger partial charge in [0, 0.05) is 50.6 Å². The lowest BCUT2D eigenvalue weighted by Crippen LogP contribution is -2.48. The van der Waals surface area contributed by atoms with E-state index in [0.29, 0.717) is 5.92 Å². The van der Waals surface area contributed by atoms with E-state index in [4.69, 9.17) is 0 Å². The van der Waals surface area contributed by atoms with Crippen LogP contribution in [0.1, 0.15) is 32.5 Å². The number of hydrogen-bond donors (Lipinski definition) is 0. The first-order valence-electron chi connectivity index (χ1n) is 5.92. The molecule has 1 amide bonds. The maximum absolute atomic E-state index is 11.2. The van der Waals surface area contributed by atoms with Gasteiger partial charge in [0.2, 0.25) is 11.0 Å². The largest absolute Gasteiger partial charge is 0.343 e. The summed E-state index contributed by atoms with van der Waals surface area (Å²) in [5.41, 5.74) is 0. The van der Waals surface area contributed by atoms with Crippen molar-refractivity contribution in [3.8, 4) is 0 Å². The average molecular weight is 254 g/mol. The van der Waals surface area contributed by atoms with Crippen LogP contribution in [0.4, 0.5) is 5.13 Å². The third-order valence-corrected chi connectivity index (χ3v) is 3.73. The van der Waals surface area contributed by atoms with Gasteiger partial charge >= 0.3 is 0 Å². The van der Waals surface area contributed by atoms with Crippen molar-refractivity contribution in [3.63, 3.8) is 0 Å². The molecule has 6 heteroatoms. The summed E-state index contributed by atoms with van der Waals surface area (Å²) in [5, 5.41) is 0.983. The van der Waals surface area contributed by atoms with Crippen LogP contribution in [-0.2, 0) is 4.79 Å². The first kappa shape index (κ1) is 12.3. The lowest BCUT2D eigenvalue weighted by molar-refractivity contribution is -0.129. The molecule has 2 rings (SSSR count). The van der Waals surface area contributed by atoms with Gasteiger partial charge in [-0.2, -0.15) is 4.37 Å². The van der Waals surface area contributed by atoms with Gasteiger partial charge in [0.25, 0.3) is 0 Å². The number of amides is 1. The fraction of sp³-hybridized carbons (Fsp3) is 0.727. The molecule has 1 aliphatic heterocycles. The Morgan fingerprint density at radius 1 is 1.29 bits per heavy atom. The summed E-state index contributed by atoms with van der Waals surface area (Å²) in [6.45, 7) is 9.09. The van der Waals surface area contributed by atoms with E-state index in [2.05, 4.69) is 28.1 Å². The second-order valence-corrected chi connectivity index (χ2v) is 5.31. The molecule has 0 N–H and O–H groups in total. The number of anilines is 1. The van der Waals surface area contributed by atoms with E-state index >= 15 is 0 Å². The molecule has 5 nitrogen and oxygen atoms in total. The second kappa shape index (κ2) is 5.00. The maximum atomic E-state index is 11.2. The summed E-state index contributed by atoms with van der Waals surface area (Å²) < 4.78 is 4.35. The third kappa shape index (κ3) is 2.74. The number of hydrogen-bond acceptors (Lipinski definition) is 5. The topological polar surface area (TPSA) is 49.3 Å². The fourth-order valence-electron chi connectivity index (χ4n) is 1.80. The zero-order valence-corrected chi connectivity index (χ0v) is 11.3. The van der Waals surface area contributed by atoms with Crippen LogP contribution in [0.2, 0.25) is 0 Å². The Morgan fingerprint density at radius 2 is 1.94 bits per heavy atom. The van der Waals surface area contributed by atoms with Crippen molar-refractivity contribution in [1.82, 2.24) is 14.3 Å². The molecule has 0 aliphatic carbocycles. The zero-order chi connectivity index (χ0) is 12.4. The maximum Gasteiger partial charge on any atom is 0.219 e. The molecule has 17 heavy (non-hydrogen) atoms. The zero-order valence-electron chi connectivity index (χ0n) is 10.5. The minimum Gasteiger partial charge on any atom is -0.343 e. The van der Waals surface area contributed by atoms with Gasteiger partial charge in [-0.05, 0) is 0 Å². The Balaban J connectivity index is 1.98. The average Bonchev–Trinajstić information content (AvgIpc) is 2.78. The van der Waals surface area contributed by atoms with E-state index in [1.54, 1.807) is 6.92 Å². The Kier molecular flexibility index (Phi) is 3.61. The highest BCUT2D eigenvalue weighted by Crippen LogP contribution is 2.22. The van der Waals surface area contributed by atoms with Gasteiger partial charge in [0.1, 0.15) is 5.82 Å². The smallest absolute Gasteiger partial charge is 0.219 e. The van der Waals surface area contributed by atoms with Gasteiger partial charge < -0.3 is 9.80 Å². The van der Waals surface area contributed by atoms with Crippen LogP contribution in [0, 0.1) is 0 Å². The van der Waals surface area contributed by atoms with Crippen LogP contribution in [0.3, 0.4) is 0 Å². The third-order valence-electron chi connectivity index (χ3n) is 2.94. The number of aromatic nitrogens is 2. The summed E-state index contributed by atoms with van der Waals surface area (Å²) in [7, 11) is 0. The van der Waals surface area contributed by atoms with Crippen molar-refractivity contribution in [2.24, 2.45) is 0 Å². The number of rotatable bonds is 2. The van der Waals surface area contributed by atoms with E-state index in [9.17, 15) is 4.79 Å². The summed E-state index contributed by atoms with van der Waals surface area (Å²) in [6, 6.07) is 0. The lowest BCUT2D eigenvalue weighted by atomic mass is 10.2. The molecule has 0 atom stereocenters. The molecule has 0 saturated carbocycles. The van der Waals surface area contributed by atoms with Crippen molar-refractivity contribution in [3.05, 3.63) is 5.82 Å². The van der Waals surface area contributed by atoms with Crippen LogP contribution < -0.4 is 4.90 Å². The van der Waals surface area contributed by atoms with Gasteiger partial charge in [-0.1, -0.05) is 13.8 Å². The molecule has 1 aromatic heterocycles. The Labute approximate surface area is 106 Å². The fourth-order valence-corrected chi connectivity index (χ4v) is 2.66. The molecule has 2 heterocycles. The molecule has 0 spiro atoms. The standard InChI is InChI=1S/C11H18N4OS/c1-8(2)10-12-11(17-13-10)15-6-4-14(5-7-15)9(3)16/h8H,4-7H2,1-3H3. The monoisotopic (exact) mass is 254 g/mol. The molecule has 0 unspecified atom stereocenters. The highest BCUT2D eigenvalue weighted by atomic mass is 32.1. The number of piperazine rings is 1. The summed E-state index contributed by atoms with van der Waals surface area (Å²) in [4.78, 5) is 19.8. The molecule has 1 aliphatic rings. The van der Waals surface area contributed by atoms with Gasteiger partial charge in [-0.3, -0.25) is 4.79 Å². The van der Waals surface area contributed by atoms with Crippen LogP contribution in [0.25, 0.3) is 0 Å². The molecule has 1 fully saturated rings. The predicted octanol–water partition coefficient (Wildman–Crippen LogP) is 1.33. The van der Waals surface area contributed by atoms with E-state index in [-0.39, 0.29) is 5.91 Å². The van der Waals surface area contributed by atoms with Crippen molar-refractivity contribution < 1.29 is 4.79 Å². The first-order valence-corrected chi connectivity index (χ1v) is 6.69. The van der Waals surface area contributed by atoms with Gasteiger partial charge in [-0.15, -0.1) is 0 Å². The lowest BCUT2D eigenvalue weighted by Gasteiger charge is -2.33. The minimum atomic E-state index is 0.157. The van der Waals surface area contributed by atoms with Gasteiger partial charge in [0.15, 0.2) is 0 Å². The number of carbonyl (C=O) groups excluding carboxylic acids is 1. The summed E-state index contributed by atoms with van der Waals surface area (Å²) >= 11 is 1.46. The Morgan fingerprint density at radius 3 is 2.41 bits per heavy atom. The molecule has 1 aromatic rings. The van der Waals surface area contributed by atoms with E-state index in [1.165, 1.54) is 11.5 Å². The second-order valence-electron chi connectivity index (χ2n) is 4.58. The highest BCUT2D eigenvalue weighted by Gasteiger charge is 2.21. The summed E-state index contributed by atoms with van der Waals surface area (Å²) in [5.74, 6) is 1.45. The molecule has 0 bridgehead atoms. The minimum absolute atomic E-state index is 0.157. The molecular weight excluding hydrogens is 236 g/mol. The van der Waals surface area contributed by atoms with Crippen LogP contribution in [-0.4, -0.2) is 46.3 Å². The van der Waals surface area contributed by atoms with Crippen molar-refractivity contribution in [1.29, 1.82) is 0 Å². The van der Waals surface area contributed by atoms with E-state index in [1.807, 2.05) is 4.90 Å². The Hall–Kier alpha value is -1.17. The van der Waals surface area contributed by atoms with Crippen LogP contribution in [0.15, 0.2) is 0 Å². The molecule has 0 radical (unpaired) electrons. The SMILES string of the molecule is CC(=O)N1CCN(c2nc(C(C)C)ns2)CC1. The summed E-state index contributed by atoms with van der Waals surface area (Å²) in [6.07, 6.45) is 0. The molecule has 1 saturated heterocycles. The van der Waals surface area contributed by atoms with Gasteiger partial charge in [0.05, 0.1) is 0 Å². The van der Waals surface area contributed by atoms with E-state index in [0.717, 1.165) is 37.1 Å². The quantitative estimate of drug-likeness (QED) is 0.799. The van der Waals surface area contributed by atoms with Crippen molar-refractivity contribution >= 4 is 22.6 Å². The molecular formula is C11H18N4OS. The first-order chi connectivity index (χ1) is 8.08. The Bertz CT molecular complexity index is 396. The number of carbonyl (C=O) groups is 1. The normalized spacial score (nSPS) is 16.7.